The molecule has 2 rings (SSSR count). The van der Waals surface area contributed by atoms with Gasteiger partial charge in [0.05, 0.1) is 5.92 Å². The summed E-state index contributed by atoms with van der Waals surface area (Å²) in [6, 6.07) is 7.77. The van der Waals surface area contributed by atoms with Gasteiger partial charge in [-0.15, -0.1) is 0 Å². The van der Waals surface area contributed by atoms with E-state index >= 15 is 0 Å². The van der Waals surface area contributed by atoms with Crippen LogP contribution in [0.3, 0.4) is 0 Å². The molecule has 0 amide bonds. The number of para-hydroxylation sites is 1. The summed E-state index contributed by atoms with van der Waals surface area (Å²) in [5.41, 5.74) is 2.82. The molecule has 3 heteroatoms. The molecule has 2 aromatic rings. The van der Waals surface area contributed by atoms with Gasteiger partial charge in [-0.05, 0) is 25.5 Å². The van der Waals surface area contributed by atoms with Gasteiger partial charge in [0.25, 0.3) is 0 Å². The van der Waals surface area contributed by atoms with Crippen LogP contribution in [0, 0.1) is 6.92 Å². The fourth-order valence-electron chi connectivity index (χ4n) is 1.98. The summed E-state index contributed by atoms with van der Waals surface area (Å²) in [5.74, 6) is -1.26. The molecule has 0 spiro atoms. The van der Waals surface area contributed by atoms with Crippen LogP contribution in [0.4, 0.5) is 0 Å². The average molecular weight is 203 g/mol. The van der Waals surface area contributed by atoms with Crippen molar-refractivity contribution in [1.29, 1.82) is 0 Å². The summed E-state index contributed by atoms with van der Waals surface area (Å²) in [4.78, 5) is 14.2. The van der Waals surface area contributed by atoms with Gasteiger partial charge in [-0.25, -0.2) is 0 Å². The zero-order valence-corrected chi connectivity index (χ0v) is 8.74. The third-order valence-electron chi connectivity index (χ3n) is 2.75. The smallest absolute Gasteiger partial charge is 0.310 e. The summed E-state index contributed by atoms with van der Waals surface area (Å²) >= 11 is 0. The molecule has 1 atom stereocenters. The fraction of sp³-hybridized carbons (Fsp3) is 0.250. The highest BCUT2D eigenvalue weighted by Gasteiger charge is 2.20. The molecule has 78 valence electrons. The number of carboxylic acids is 1. The molecule has 0 saturated carbocycles. The molecule has 0 aliphatic carbocycles. The van der Waals surface area contributed by atoms with Crippen molar-refractivity contribution >= 4 is 16.9 Å². The van der Waals surface area contributed by atoms with Crippen molar-refractivity contribution in [2.24, 2.45) is 0 Å². The zero-order chi connectivity index (χ0) is 11.0. The van der Waals surface area contributed by atoms with Gasteiger partial charge in [-0.2, -0.15) is 0 Å². The van der Waals surface area contributed by atoms with Crippen molar-refractivity contribution in [3.05, 3.63) is 35.5 Å². The fourth-order valence-corrected chi connectivity index (χ4v) is 1.98. The number of aryl methyl sites for hydroxylation is 1. The molecule has 0 saturated heterocycles. The molecule has 0 radical (unpaired) electrons. The van der Waals surface area contributed by atoms with Crippen LogP contribution in [0.1, 0.15) is 24.1 Å². The predicted octanol–water partition coefficient (Wildman–Crippen LogP) is 2.66. The second-order valence-electron chi connectivity index (χ2n) is 3.77. The number of hydrogen-bond donors (Lipinski definition) is 2. The monoisotopic (exact) mass is 203 g/mol. The second-order valence-corrected chi connectivity index (χ2v) is 3.77. The van der Waals surface area contributed by atoms with Crippen molar-refractivity contribution in [2.45, 2.75) is 19.8 Å². The van der Waals surface area contributed by atoms with Crippen molar-refractivity contribution in [3.63, 3.8) is 0 Å². The van der Waals surface area contributed by atoms with Crippen LogP contribution in [0.15, 0.2) is 24.3 Å². The first-order valence-corrected chi connectivity index (χ1v) is 4.91. The van der Waals surface area contributed by atoms with E-state index in [4.69, 9.17) is 5.11 Å². The molecule has 0 aliphatic rings. The Morgan fingerprint density at radius 2 is 2.07 bits per heavy atom. The summed E-state index contributed by atoms with van der Waals surface area (Å²) < 4.78 is 0. The number of H-pyrrole nitrogens is 1. The molecular formula is C12H13NO2. The first-order valence-electron chi connectivity index (χ1n) is 4.91. The number of carbonyl (C=O) groups is 1. The SMILES string of the molecule is Cc1[nH]c2ccccc2c1C(C)C(=O)O. The van der Waals surface area contributed by atoms with E-state index in [-0.39, 0.29) is 0 Å². The Morgan fingerprint density at radius 1 is 1.40 bits per heavy atom. The van der Waals surface area contributed by atoms with E-state index in [1.54, 1.807) is 6.92 Å². The normalized spacial score (nSPS) is 12.9. The molecule has 0 bridgehead atoms. The number of aromatic nitrogens is 1. The number of hydrogen-bond acceptors (Lipinski definition) is 1. The Balaban J connectivity index is 2.68. The first kappa shape index (κ1) is 9.77. The van der Waals surface area contributed by atoms with Gasteiger partial charge in [-0.1, -0.05) is 18.2 Å². The number of aromatic amines is 1. The van der Waals surface area contributed by atoms with Crippen molar-refractivity contribution < 1.29 is 9.90 Å². The summed E-state index contributed by atoms with van der Waals surface area (Å²) in [6.45, 7) is 3.62. The van der Waals surface area contributed by atoms with Gasteiger partial charge >= 0.3 is 5.97 Å². The van der Waals surface area contributed by atoms with Gasteiger partial charge in [0.2, 0.25) is 0 Å². The maximum absolute atomic E-state index is 11.0. The highest BCUT2D eigenvalue weighted by molar-refractivity contribution is 5.90. The number of rotatable bonds is 2. The van der Waals surface area contributed by atoms with Gasteiger partial charge in [0.15, 0.2) is 0 Å². The lowest BCUT2D eigenvalue weighted by Gasteiger charge is -2.06. The number of benzene rings is 1. The lowest BCUT2D eigenvalue weighted by molar-refractivity contribution is -0.138. The Morgan fingerprint density at radius 3 is 2.73 bits per heavy atom. The zero-order valence-electron chi connectivity index (χ0n) is 8.74. The number of fused-ring (bicyclic) bond motifs is 1. The van der Waals surface area contributed by atoms with E-state index in [0.717, 1.165) is 22.2 Å². The lowest BCUT2D eigenvalue weighted by atomic mass is 9.98. The Hall–Kier alpha value is -1.77. The minimum absolute atomic E-state index is 0.471. The molecule has 1 aromatic carbocycles. The van der Waals surface area contributed by atoms with Crippen LogP contribution in [0.25, 0.3) is 10.9 Å². The first-order chi connectivity index (χ1) is 7.11. The third kappa shape index (κ3) is 1.50. The van der Waals surface area contributed by atoms with E-state index in [1.807, 2.05) is 31.2 Å². The maximum Gasteiger partial charge on any atom is 0.310 e. The lowest BCUT2D eigenvalue weighted by Crippen LogP contribution is -2.07. The molecule has 0 aliphatic heterocycles. The molecule has 1 aromatic heterocycles. The Kier molecular flexibility index (Phi) is 2.23. The highest BCUT2D eigenvalue weighted by Crippen LogP contribution is 2.28. The highest BCUT2D eigenvalue weighted by atomic mass is 16.4. The minimum atomic E-state index is -0.789. The maximum atomic E-state index is 11.0. The Labute approximate surface area is 87.7 Å². The van der Waals surface area contributed by atoms with E-state index in [0.29, 0.717) is 0 Å². The Bertz CT molecular complexity index is 513. The van der Waals surface area contributed by atoms with E-state index in [2.05, 4.69) is 4.98 Å². The molecule has 1 heterocycles. The van der Waals surface area contributed by atoms with Crippen LogP contribution in [0.5, 0.6) is 0 Å². The molecule has 3 nitrogen and oxygen atoms in total. The molecule has 1 unspecified atom stereocenters. The van der Waals surface area contributed by atoms with Crippen molar-refractivity contribution in [2.75, 3.05) is 0 Å². The molecule has 0 fully saturated rings. The van der Waals surface area contributed by atoms with Gasteiger partial charge in [0, 0.05) is 16.6 Å². The van der Waals surface area contributed by atoms with E-state index < -0.39 is 11.9 Å². The predicted molar refractivity (Wildman–Crippen MR) is 59.1 cm³/mol. The third-order valence-corrected chi connectivity index (χ3v) is 2.75. The van der Waals surface area contributed by atoms with Crippen LogP contribution < -0.4 is 0 Å². The van der Waals surface area contributed by atoms with Crippen molar-refractivity contribution in [1.82, 2.24) is 4.98 Å². The van der Waals surface area contributed by atoms with E-state index in [1.165, 1.54) is 0 Å². The van der Waals surface area contributed by atoms with Crippen LogP contribution in [-0.4, -0.2) is 16.1 Å². The average Bonchev–Trinajstić information content (AvgIpc) is 2.52. The number of aliphatic carboxylic acids is 1. The van der Waals surface area contributed by atoms with Crippen LogP contribution >= 0.6 is 0 Å². The molecule has 2 N–H and O–H groups in total. The topological polar surface area (TPSA) is 53.1 Å². The van der Waals surface area contributed by atoms with Crippen molar-refractivity contribution in [3.8, 4) is 0 Å². The van der Waals surface area contributed by atoms with E-state index in [9.17, 15) is 4.79 Å². The van der Waals surface area contributed by atoms with Gasteiger partial charge in [0.1, 0.15) is 0 Å². The largest absolute Gasteiger partial charge is 0.481 e. The quantitative estimate of drug-likeness (QED) is 0.788. The van der Waals surface area contributed by atoms with Crippen LogP contribution in [0.2, 0.25) is 0 Å². The van der Waals surface area contributed by atoms with Gasteiger partial charge < -0.3 is 10.1 Å². The number of carboxylic acid groups (broad SMARTS) is 1. The standard InChI is InChI=1S/C12H13NO2/c1-7(12(14)15)11-8(2)13-10-6-4-3-5-9(10)11/h3-7,13H,1-2H3,(H,14,15). The number of nitrogens with one attached hydrogen (secondary N) is 1. The molecule has 15 heavy (non-hydrogen) atoms. The summed E-state index contributed by atoms with van der Waals surface area (Å²) in [5, 5.41) is 10.0. The summed E-state index contributed by atoms with van der Waals surface area (Å²) in [7, 11) is 0. The van der Waals surface area contributed by atoms with Crippen LogP contribution in [-0.2, 0) is 4.79 Å². The molecular weight excluding hydrogens is 190 g/mol. The summed E-state index contributed by atoms with van der Waals surface area (Å²) in [6.07, 6.45) is 0. The minimum Gasteiger partial charge on any atom is -0.481 e. The van der Waals surface area contributed by atoms with Gasteiger partial charge in [-0.3, -0.25) is 4.79 Å². The second kappa shape index (κ2) is 3.42.